The van der Waals surface area contributed by atoms with E-state index in [4.69, 9.17) is 9.47 Å². The van der Waals surface area contributed by atoms with Crippen LogP contribution in [0.2, 0.25) is 0 Å². The van der Waals surface area contributed by atoms with E-state index in [-0.39, 0.29) is 11.9 Å². The molecule has 0 aromatic heterocycles. The van der Waals surface area contributed by atoms with Crippen LogP contribution >= 0.6 is 0 Å². The van der Waals surface area contributed by atoms with E-state index >= 15 is 0 Å². The summed E-state index contributed by atoms with van der Waals surface area (Å²) in [6, 6.07) is 10.8. The lowest BCUT2D eigenvalue weighted by atomic mass is 10.1. The molecule has 104 valence electrons. The van der Waals surface area contributed by atoms with Crippen molar-refractivity contribution in [1.29, 1.82) is 0 Å². The fourth-order valence-electron chi connectivity index (χ4n) is 2.50. The van der Waals surface area contributed by atoms with Gasteiger partial charge in [-0.3, -0.25) is 0 Å². The van der Waals surface area contributed by atoms with Gasteiger partial charge in [0.15, 0.2) is 0 Å². The van der Waals surface area contributed by atoms with Gasteiger partial charge in [-0.15, -0.1) is 0 Å². The molecule has 1 aliphatic rings. The number of hydrogen-bond acceptors (Lipinski definition) is 2. The first-order valence-corrected chi connectivity index (χ1v) is 6.77. The van der Waals surface area contributed by atoms with E-state index in [9.17, 15) is 4.39 Å². The van der Waals surface area contributed by atoms with Crippen LogP contribution in [0.15, 0.2) is 36.4 Å². The molecule has 0 radical (unpaired) electrons. The van der Waals surface area contributed by atoms with Gasteiger partial charge in [0.2, 0.25) is 0 Å². The Balaban J connectivity index is 1.63. The molecule has 3 rings (SSSR count). The van der Waals surface area contributed by atoms with Crippen molar-refractivity contribution >= 4 is 0 Å². The van der Waals surface area contributed by atoms with Gasteiger partial charge in [0, 0.05) is 6.42 Å². The van der Waals surface area contributed by atoms with Crippen LogP contribution in [0.5, 0.6) is 11.5 Å². The summed E-state index contributed by atoms with van der Waals surface area (Å²) in [7, 11) is 0. The quantitative estimate of drug-likeness (QED) is 0.845. The molecule has 0 N–H and O–H groups in total. The molecule has 1 atom stereocenters. The van der Waals surface area contributed by atoms with E-state index in [1.165, 1.54) is 23.3 Å². The van der Waals surface area contributed by atoms with Crippen molar-refractivity contribution in [2.24, 2.45) is 0 Å². The third kappa shape index (κ3) is 2.62. The lowest BCUT2D eigenvalue weighted by Crippen LogP contribution is -2.22. The summed E-state index contributed by atoms with van der Waals surface area (Å²) in [4.78, 5) is 0. The van der Waals surface area contributed by atoms with E-state index in [1.807, 2.05) is 19.1 Å². The molecule has 0 spiro atoms. The number of rotatable bonds is 3. The molecule has 0 saturated carbocycles. The highest BCUT2D eigenvalue weighted by molar-refractivity contribution is 5.40. The van der Waals surface area contributed by atoms with Crippen LogP contribution in [0.4, 0.5) is 4.39 Å². The van der Waals surface area contributed by atoms with Gasteiger partial charge >= 0.3 is 0 Å². The summed E-state index contributed by atoms with van der Waals surface area (Å²) in [6.45, 7) is 4.39. The van der Waals surface area contributed by atoms with Crippen LogP contribution < -0.4 is 9.47 Å². The van der Waals surface area contributed by atoms with Crippen molar-refractivity contribution in [1.82, 2.24) is 0 Å². The number of aryl methyl sites for hydroxylation is 2. The number of fused-ring (bicyclic) bond motifs is 1. The second-order valence-electron chi connectivity index (χ2n) is 5.28. The number of halogens is 1. The summed E-state index contributed by atoms with van der Waals surface area (Å²) < 4.78 is 24.6. The summed E-state index contributed by atoms with van der Waals surface area (Å²) in [5.74, 6) is 1.41. The number of ether oxygens (including phenoxy) is 2. The standard InChI is InChI=1S/C17H17FO2/c1-11-3-5-17-13(7-11)9-15(20-17)10-19-16-6-4-14(18)8-12(16)2/h3-8,15H,9-10H2,1-2H3. The molecule has 1 unspecified atom stereocenters. The average Bonchev–Trinajstić information content (AvgIpc) is 2.79. The van der Waals surface area contributed by atoms with Gasteiger partial charge in [-0.25, -0.2) is 4.39 Å². The molecule has 2 nitrogen and oxygen atoms in total. The highest BCUT2D eigenvalue weighted by Gasteiger charge is 2.23. The first kappa shape index (κ1) is 13.0. The smallest absolute Gasteiger partial charge is 0.137 e. The lowest BCUT2D eigenvalue weighted by molar-refractivity contribution is 0.148. The summed E-state index contributed by atoms with van der Waals surface area (Å²) >= 11 is 0. The number of benzene rings is 2. The van der Waals surface area contributed by atoms with E-state index in [2.05, 4.69) is 13.0 Å². The SMILES string of the molecule is Cc1ccc2c(c1)CC(COc1ccc(F)cc1C)O2. The Bertz CT molecular complexity index is 637. The van der Waals surface area contributed by atoms with E-state index in [0.717, 1.165) is 17.7 Å². The van der Waals surface area contributed by atoms with Crippen molar-refractivity contribution in [3.8, 4) is 11.5 Å². The minimum absolute atomic E-state index is 0.0243. The van der Waals surface area contributed by atoms with E-state index in [1.54, 1.807) is 6.07 Å². The third-order valence-corrected chi connectivity index (χ3v) is 3.52. The van der Waals surface area contributed by atoms with Crippen LogP contribution in [0, 0.1) is 19.7 Å². The highest BCUT2D eigenvalue weighted by atomic mass is 19.1. The van der Waals surface area contributed by atoms with Crippen molar-refractivity contribution in [2.45, 2.75) is 26.4 Å². The van der Waals surface area contributed by atoms with Crippen LogP contribution in [-0.4, -0.2) is 12.7 Å². The summed E-state index contributed by atoms with van der Waals surface area (Å²) in [5, 5.41) is 0. The molecule has 2 aromatic rings. The van der Waals surface area contributed by atoms with E-state index < -0.39 is 0 Å². The molecule has 1 heterocycles. The third-order valence-electron chi connectivity index (χ3n) is 3.52. The molecular formula is C17H17FO2. The minimum atomic E-state index is -0.241. The zero-order chi connectivity index (χ0) is 14.1. The molecule has 1 aliphatic heterocycles. The molecule has 2 aromatic carbocycles. The molecule has 0 saturated heterocycles. The van der Waals surface area contributed by atoms with Gasteiger partial charge in [-0.2, -0.15) is 0 Å². The Morgan fingerprint density at radius 3 is 2.85 bits per heavy atom. The molecule has 0 fully saturated rings. The lowest BCUT2D eigenvalue weighted by Gasteiger charge is -2.13. The first-order valence-electron chi connectivity index (χ1n) is 6.77. The zero-order valence-electron chi connectivity index (χ0n) is 11.7. The fourth-order valence-corrected chi connectivity index (χ4v) is 2.50. The minimum Gasteiger partial charge on any atom is -0.489 e. The van der Waals surface area contributed by atoms with Gasteiger partial charge in [-0.1, -0.05) is 17.7 Å². The van der Waals surface area contributed by atoms with Gasteiger partial charge in [0.05, 0.1) is 0 Å². The molecular weight excluding hydrogens is 255 g/mol. The molecule has 3 heteroatoms. The molecule has 0 aliphatic carbocycles. The maximum Gasteiger partial charge on any atom is 0.137 e. The van der Waals surface area contributed by atoms with E-state index in [0.29, 0.717) is 12.4 Å². The van der Waals surface area contributed by atoms with Gasteiger partial charge in [0.25, 0.3) is 0 Å². The van der Waals surface area contributed by atoms with Crippen molar-refractivity contribution in [3.05, 3.63) is 58.9 Å². The molecule has 20 heavy (non-hydrogen) atoms. The maximum absolute atomic E-state index is 13.0. The summed E-state index contributed by atoms with van der Waals surface area (Å²) in [5.41, 5.74) is 3.27. The second-order valence-corrected chi connectivity index (χ2v) is 5.28. The monoisotopic (exact) mass is 272 g/mol. The van der Waals surface area contributed by atoms with Crippen LogP contribution in [-0.2, 0) is 6.42 Å². The van der Waals surface area contributed by atoms with Crippen molar-refractivity contribution in [3.63, 3.8) is 0 Å². The predicted octanol–water partition coefficient (Wildman–Crippen LogP) is 3.83. The van der Waals surface area contributed by atoms with Gasteiger partial charge in [-0.05, 0) is 49.2 Å². The first-order chi connectivity index (χ1) is 9.61. The Hall–Kier alpha value is -2.03. The molecule has 0 bridgehead atoms. The second kappa shape index (κ2) is 5.16. The largest absolute Gasteiger partial charge is 0.489 e. The molecule has 0 amide bonds. The van der Waals surface area contributed by atoms with Crippen LogP contribution in [0.3, 0.4) is 0 Å². The Labute approximate surface area is 118 Å². The van der Waals surface area contributed by atoms with Crippen LogP contribution in [0.25, 0.3) is 0 Å². The van der Waals surface area contributed by atoms with Crippen molar-refractivity contribution < 1.29 is 13.9 Å². The predicted molar refractivity (Wildman–Crippen MR) is 75.9 cm³/mol. The van der Waals surface area contributed by atoms with Gasteiger partial charge in [0.1, 0.15) is 30.0 Å². The highest BCUT2D eigenvalue weighted by Crippen LogP contribution is 2.30. The normalized spacial score (nSPS) is 16.6. The topological polar surface area (TPSA) is 18.5 Å². The van der Waals surface area contributed by atoms with Crippen molar-refractivity contribution in [2.75, 3.05) is 6.61 Å². The number of hydrogen-bond donors (Lipinski definition) is 0. The Kier molecular flexibility index (Phi) is 3.35. The Morgan fingerprint density at radius 1 is 1.20 bits per heavy atom. The van der Waals surface area contributed by atoms with Gasteiger partial charge < -0.3 is 9.47 Å². The summed E-state index contributed by atoms with van der Waals surface area (Å²) in [6.07, 6.45) is 0.883. The maximum atomic E-state index is 13.0. The fraction of sp³-hybridized carbons (Fsp3) is 0.294. The van der Waals surface area contributed by atoms with Crippen LogP contribution in [0.1, 0.15) is 16.7 Å². The zero-order valence-corrected chi connectivity index (χ0v) is 11.7. The Morgan fingerprint density at radius 2 is 2.05 bits per heavy atom. The average molecular weight is 272 g/mol.